The minimum Gasteiger partial charge on any atom is -0.383 e. The summed E-state index contributed by atoms with van der Waals surface area (Å²) in [6.07, 6.45) is 6.66. The Hall–Kier alpha value is -3.64. The molecule has 0 aliphatic carbocycles. The van der Waals surface area contributed by atoms with E-state index < -0.39 is 0 Å². The molecule has 4 heterocycles. The number of fused-ring (bicyclic) bond motifs is 1. The number of halogens is 1. The Balaban J connectivity index is 1.27. The molecule has 0 atom stereocenters. The summed E-state index contributed by atoms with van der Waals surface area (Å²) in [5, 5.41) is 7.09. The number of nitrogens with two attached hydrogens (primary N) is 1. The van der Waals surface area contributed by atoms with E-state index in [1.165, 1.54) is 6.33 Å². The number of nitrogens with zero attached hydrogens (tertiary/aromatic N) is 4. The standard InChI is InChI=1S/C25H20IN7OS/c26-17-8-15(10-28-12-17)11-31-25(34)19-2-1-7-29-24(19)30-13-18-4-6-22(35-18)16-3-5-21-20(9-16)23(27)33-14-32-21/h1-10,12,14H,11,13H2,(H,29,30)(H,31,34)(H2,27,32,33). The number of carbonyl (C=O) groups is 1. The third-order valence-electron chi connectivity index (χ3n) is 5.31. The SMILES string of the molecule is Nc1ncnc2ccc(-c3ccc(CNc4ncccc4C(=O)NCc4cncc(I)c4)s3)cc12. The van der Waals surface area contributed by atoms with Gasteiger partial charge in [-0.15, -0.1) is 11.3 Å². The number of thiophene rings is 1. The largest absolute Gasteiger partial charge is 0.383 e. The smallest absolute Gasteiger partial charge is 0.255 e. The van der Waals surface area contributed by atoms with Gasteiger partial charge in [0.25, 0.3) is 5.91 Å². The highest BCUT2D eigenvalue weighted by atomic mass is 127. The van der Waals surface area contributed by atoms with E-state index in [0.717, 1.165) is 35.4 Å². The second-order valence-corrected chi connectivity index (χ2v) is 10.1. The van der Waals surface area contributed by atoms with Gasteiger partial charge in [-0.05, 0) is 76.2 Å². The molecule has 1 aromatic carbocycles. The maximum atomic E-state index is 12.8. The predicted molar refractivity (Wildman–Crippen MR) is 147 cm³/mol. The van der Waals surface area contributed by atoms with Gasteiger partial charge >= 0.3 is 0 Å². The van der Waals surface area contributed by atoms with Gasteiger partial charge in [-0.3, -0.25) is 9.78 Å². The highest BCUT2D eigenvalue weighted by molar-refractivity contribution is 14.1. The monoisotopic (exact) mass is 593 g/mol. The van der Waals surface area contributed by atoms with Crippen LogP contribution >= 0.6 is 33.9 Å². The number of anilines is 2. The molecule has 5 aromatic rings. The zero-order valence-corrected chi connectivity index (χ0v) is 21.4. The van der Waals surface area contributed by atoms with Gasteiger partial charge in [0.1, 0.15) is 18.0 Å². The van der Waals surface area contributed by atoms with Crippen molar-refractivity contribution in [3.8, 4) is 10.4 Å². The fourth-order valence-electron chi connectivity index (χ4n) is 3.59. The summed E-state index contributed by atoms with van der Waals surface area (Å²) in [6, 6.07) is 15.6. The van der Waals surface area contributed by atoms with Gasteiger partial charge in [0.2, 0.25) is 0 Å². The Morgan fingerprint density at radius 2 is 1.94 bits per heavy atom. The number of amides is 1. The van der Waals surface area contributed by atoms with Crippen molar-refractivity contribution in [2.24, 2.45) is 0 Å². The van der Waals surface area contributed by atoms with Gasteiger partial charge in [0.05, 0.1) is 17.6 Å². The molecule has 5 rings (SSSR count). The van der Waals surface area contributed by atoms with Gasteiger partial charge in [-0.2, -0.15) is 0 Å². The Bertz CT molecular complexity index is 1520. The van der Waals surface area contributed by atoms with E-state index in [1.807, 2.05) is 24.3 Å². The van der Waals surface area contributed by atoms with Crippen LogP contribution in [0.2, 0.25) is 0 Å². The van der Waals surface area contributed by atoms with Crippen LogP contribution in [-0.2, 0) is 13.1 Å². The van der Waals surface area contributed by atoms with E-state index in [2.05, 4.69) is 65.3 Å². The molecular formula is C25H20IN7OS. The Kier molecular flexibility index (Phi) is 6.82. The topological polar surface area (TPSA) is 119 Å². The Labute approximate surface area is 219 Å². The summed E-state index contributed by atoms with van der Waals surface area (Å²) in [6.45, 7) is 0.939. The number of hydrogen-bond acceptors (Lipinski definition) is 8. The van der Waals surface area contributed by atoms with Crippen LogP contribution in [0.3, 0.4) is 0 Å². The molecule has 0 unspecified atom stereocenters. The molecule has 0 spiro atoms. The first-order chi connectivity index (χ1) is 17.1. The average molecular weight is 593 g/mol. The molecule has 0 aliphatic rings. The van der Waals surface area contributed by atoms with Crippen molar-refractivity contribution in [1.82, 2.24) is 25.3 Å². The highest BCUT2D eigenvalue weighted by Crippen LogP contribution is 2.31. The van der Waals surface area contributed by atoms with E-state index in [9.17, 15) is 4.79 Å². The first-order valence-electron chi connectivity index (χ1n) is 10.7. The van der Waals surface area contributed by atoms with Crippen LogP contribution in [0.25, 0.3) is 21.3 Å². The number of aromatic nitrogens is 4. The molecular weight excluding hydrogens is 573 g/mol. The number of carbonyl (C=O) groups excluding carboxylic acids is 1. The van der Waals surface area contributed by atoms with Crippen molar-refractivity contribution in [3.63, 3.8) is 0 Å². The van der Waals surface area contributed by atoms with E-state index in [1.54, 1.807) is 42.1 Å². The number of nitrogens with one attached hydrogen (secondary N) is 2. The summed E-state index contributed by atoms with van der Waals surface area (Å²) in [5.74, 6) is 0.813. The van der Waals surface area contributed by atoms with Crippen molar-refractivity contribution in [3.05, 3.63) is 93.0 Å². The van der Waals surface area contributed by atoms with Crippen molar-refractivity contribution < 1.29 is 4.79 Å². The van der Waals surface area contributed by atoms with Crippen LogP contribution in [0.1, 0.15) is 20.8 Å². The van der Waals surface area contributed by atoms with Gasteiger partial charge in [-0.1, -0.05) is 6.07 Å². The molecule has 0 saturated heterocycles. The second kappa shape index (κ2) is 10.3. The maximum Gasteiger partial charge on any atom is 0.255 e. The molecule has 0 fully saturated rings. The van der Waals surface area contributed by atoms with Gasteiger partial charge < -0.3 is 16.4 Å². The molecule has 174 valence electrons. The lowest BCUT2D eigenvalue weighted by atomic mass is 10.1. The maximum absolute atomic E-state index is 12.8. The Morgan fingerprint density at radius 1 is 1.03 bits per heavy atom. The summed E-state index contributed by atoms with van der Waals surface area (Å²) in [5.41, 5.74) is 9.33. The summed E-state index contributed by atoms with van der Waals surface area (Å²) >= 11 is 3.86. The molecule has 4 aromatic heterocycles. The molecule has 10 heteroatoms. The van der Waals surface area contributed by atoms with Crippen molar-refractivity contribution in [1.29, 1.82) is 0 Å². The molecule has 0 saturated carbocycles. The quantitative estimate of drug-likeness (QED) is 0.230. The number of benzene rings is 1. The van der Waals surface area contributed by atoms with E-state index >= 15 is 0 Å². The zero-order chi connectivity index (χ0) is 24.2. The minimum absolute atomic E-state index is 0.192. The number of nitrogen functional groups attached to an aromatic ring is 1. The molecule has 8 nitrogen and oxygen atoms in total. The molecule has 35 heavy (non-hydrogen) atoms. The van der Waals surface area contributed by atoms with Crippen LogP contribution in [0.15, 0.2) is 73.4 Å². The first kappa shape index (κ1) is 23.1. The van der Waals surface area contributed by atoms with Gasteiger partial charge in [0.15, 0.2) is 0 Å². The fourth-order valence-corrected chi connectivity index (χ4v) is 5.09. The predicted octanol–water partition coefficient (Wildman–Crippen LogP) is 4.88. The molecule has 4 N–H and O–H groups in total. The van der Waals surface area contributed by atoms with Crippen LogP contribution in [0.5, 0.6) is 0 Å². The van der Waals surface area contributed by atoms with Crippen molar-refractivity contribution >= 4 is 62.4 Å². The molecule has 0 aliphatic heterocycles. The van der Waals surface area contributed by atoms with Gasteiger partial charge in [0, 0.05) is 43.8 Å². The number of hydrogen-bond donors (Lipinski definition) is 3. The van der Waals surface area contributed by atoms with Crippen molar-refractivity contribution in [2.45, 2.75) is 13.1 Å². The van der Waals surface area contributed by atoms with Crippen LogP contribution in [0.4, 0.5) is 11.6 Å². The summed E-state index contributed by atoms with van der Waals surface area (Å²) < 4.78 is 1.02. The lowest BCUT2D eigenvalue weighted by Gasteiger charge is -2.11. The van der Waals surface area contributed by atoms with E-state index in [-0.39, 0.29) is 5.91 Å². The van der Waals surface area contributed by atoms with Gasteiger partial charge in [-0.25, -0.2) is 15.0 Å². The summed E-state index contributed by atoms with van der Waals surface area (Å²) in [4.78, 5) is 31.9. The van der Waals surface area contributed by atoms with E-state index in [4.69, 9.17) is 5.73 Å². The van der Waals surface area contributed by atoms with Crippen LogP contribution in [-0.4, -0.2) is 25.8 Å². The van der Waals surface area contributed by atoms with Crippen LogP contribution in [0, 0.1) is 3.57 Å². The second-order valence-electron chi connectivity index (χ2n) is 7.70. The fraction of sp³-hybridized carbons (Fsp3) is 0.0800. The average Bonchev–Trinajstić information content (AvgIpc) is 3.35. The van der Waals surface area contributed by atoms with Crippen molar-refractivity contribution in [2.75, 3.05) is 11.1 Å². The number of pyridine rings is 2. The molecule has 1 amide bonds. The first-order valence-corrected chi connectivity index (χ1v) is 12.6. The normalized spacial score (nSPS) is 10.9. The highest BCUT2D eigenvalue weighted by Gasteiger charge is 2.13. The third-order valence-corrected chi connectivity index (χ3v) is 7.03. The zero-order valence-electron chi connectivity index (χ0n) is 18.4. The third kappa shape index (κ3) is 5.38. The van der Waals surface area contributed by atoms with E-state index in [0.29, 0.717) is 30.3 Å². The van der Waals surface area contributed by atoms with Crippen LogP contribution < -0.4 is 16.4 Å². The lowest BCUT2D eigenvalue weighted by Crippen LogP contribution is -2.24. The lowest BCUT2D eigenvalue weighted by molar-refractivity contribution is 0.0951. The minimum atomic E-state index is -0.192. The molecule has 0 radical (unpaired) electrons. The molecule has 0 bridgehead atoms. The number of rotatable bonds is 7. The Morgan fingerprint density at radius 3 is 2.83 bits per heavy atom. The summed E-state index contributed by atoms with van der Waals surface area (Å²) in [7, 11) is 0.